The Kier molecular flexibility index (Phi) is 9.56. The zero-order chi connectivity index (χ0) is 29.0. The second kappa shape index (κ2) is 12.9. The van der Waals surface area contributed by atoms with Crippen LogP contribution in [0.5, 0.6) is 23.0 Å². The molecule has 1 aliphatic carbocycles. The molecule has 3 atom stereocenters. The molecule has 0 fully saturated rings. The zero-order valence-electron chi connectivity index (χ0n) is 23.8. The summed E-state index contributed by atoms with van der Waals surface area (Å²) in [6, 6.07) is 9.36. The fraction of sp³-hybridized carbons (Fsp3) is 0.452. The SMILES string of the molecule is CCCCOC(=O)C1C(C)=NC2=C(C(=O)C[C@H](c3ccc(OC)c(OC)c3)C2)[C@@H]1c1cc(OC)c(OC)cc1Br. The Labute approximate surface area is 243 Å². The molecule has 8 nitrogen and oxygen atoms in total. The van der Waals surface area contributed by atoms with Gasteiger partial charge in [-0.1, -0.05) is 35.3 Å². The average Bonchev–Trinajstić information content (AvgIpc) is 2.95. The van der Waals surface area contributed by atoms with Gasteiger partial charge in [0.1, 0.15) is 5.92 Å². The van der Waals surface area contributed by atoms with Gasteiger partial charge in [0.15, 0.2) is 28.8 Å². The van der Waals surface area contributed by atoms with E-state index in [2.05, 4.69) is 15.9 Å². The predicted octanol–water partition coefficient (Wildman–Crippen LogP) is 6.40. The van der Waals surface area contributed by atoms with E-state index in [1.807, 2.05) is 38.1 Å². The van der Waals surface area contributed by atoms with Crippen LogP contribution in [0.25, 0.3) is 0 Å². The highest BCUT2D eigenvalue weighted by molar-refractivity contribution is 9.10. The summed E-state index contributed by atoms with van der Waals surface area (Å²) in [7, 11) is 6.31. The standard InChI is InChI=1S/C31H36BrNO7/c1-7-8-11-40-31(35)28-17(2)33-22-12-19(18-9-10-24(36-3)25(14-18)37-4)13-23(34)30(22)29(28)20-15-26(38-5)27(39-6)16-21(20)32/h9-10,14-16,19,28-29H,7-8,11-13H2,1-6H3/t19-,28?,29-/m1/s1. The molecule has 40 heavy (non-hydrogen) atoms. The number of ketones is 1. The van der Waals surface area contributed by atoms with Gasteiger partial charge in [-0.25, -0.2) is 0 Å². The number of unbranched alkanes of at least 4 members (excludes halogenated alkanes) is 1. The van der Waals surface area contributed by atoms with Crippen LogP contribution in [-0.2, 0) is 14.3 Å². The van der Waals surface area contributed by atoms with Crippen molar-refractivity contribution in [3.8, 4) is 23.0 Å². The summed E-state index contributed by atoms with van der Waals surface area (Å²) in [4.78, 5) is 32.4. The van der Waals surface area contributed by atoms with E-state index in [0.717, 1.165) is 24.0 Å². The molecule has 214 valence electrons. The van der Waals surface area contributed by atoms with E-state index in [0.29, 0.717) is 57.5 Å². The van der Waals surface area contributed by atoms with E-state index in [-0.39, 0.29) is 24.1 Å². The number of esters is 1. The predicted molar refractivity (Wildman–Crippen MR) is 156 cm³/mol. The molecule has 2 aliphatic rings. The maximum absolute atomic E-state index is 14.0. The monoisotopic (exact) mass is 613 g/mol. The summed E-state index contributed by atoms with van der Waals surface area (Å²) in [5, 5.41) is 0. The van der Waals surface area contributed by atoms with Crippen molar-refractivity contribution < 1.29 is 33.3 Å². The Hall–Kier alpha value is -3.33. The first-order valence-corrected chi connectivity index (χ1v) is 14.2. The van der Waals surface area contributed by atoms with Crippen LogP contribution in [0.15, 0.2) is 51.1 Å². The van der Waals surface area contributed by atoms with Crippen molar-refractivity contribution in [1.82, 2.24) is 0 Å². The topological polar surface area (TPSA) is 92.7 Å². The third-order valence-electron chi connectivity index (χ3n) is 7.60. The molecule has 0 aromatic heterocycles. The molecule has 1 aliphatic heterocycles. The van der Waals surface area contributed by atoms with Crippen LogP contribution in [0, 0.1) is 5.92 Å². The van der Waals surface area contributed by atoms with Gasteiger partial charge in [-0.15, -0.1) is 0 Å². The molecule has 0 spiro atoms. The second-order valence-electron chi connectivity index (χ2n) is 9.96. The van der Waals surface area contributed by atoms with Gasteiger partial charge in [0.2, 0.25) is 0 Å². The summed E-state index contributed by atoms with van der Waals surface area (Å²) in [5.74, 6) is 0.427. The highest BCUT2D eigenvalue weighted by Gasteiger charge is 2.45. The van der Waals surface area contributed by atoms with Crippen LogP contribution < -0.4 is 18.9 Å². The van der Waals surface area contributed by atoms with E-state index in [4.69, 9.17) is 28.7 Å². The van der Waals surface area contributed by atoms with Crippen LogP contribution in [-0.4, -0.2) is 52.5 Å². The van der Waals surface area contributed by atoms with E-state index >= 15 is 0 Å². The quantitative estimate of drug-likeness (QED) is 0.226. The number of carbonyl (C=O) groups excluding carboxylic acids is 2. The Bertz CT molecular complexity index is 1350. The van der Waals surface area contributed by atoms with Crippen molar-refractivity contribution in [2.75, 3.05) is 35.0 Å². The zero-order valence-corrected chi connectivity index (χ0v) is 25.4. The molecule has 2 aromatic carbocycles. The van der Waals surface area contributed by atoms with Gasteiger partial charge < -0.3 is 23.7 Å². The van der Waals surface area contributed by atoms with Gasteiger partial charge in [0.25, 0.3) is 0 Å². The van der Waals surface area contributed by atoms with Crippen LogP contribution in [0.2, 0.25) is 0 Å². The van der Waals surface area contributed by atoms with Crippen molar-refractivity contribution in [3.05, 3.63) is 57.2 Å². The van der Waals surface area contributed by atoms with Crippen molar-refractivity contribution in [2.45, 2.75) is 51.4 Å². The van der Waals surface area contributed by atoms with Crippen LogP contribution in [0.4, 0.5) is 0 Å². The van der Waals surface area contributed by atoms with Gasteiger partial charge in [-0.2, -0.15) is 0 Å². The Morgan fingerprint density at radius 2 is 1.60 bits per heavy atom. The minimum atomic E-state index is -0.744. The van der Waals surface area contributed by atoms with Crippen molar-refractivity contribution in [2.24, 2.45) is 10.9 Å². The fourth-order valence-corrected chi connectivity index (χ4v) is 6.13. The van der Waals surface area contributed by atoms with E-state index < -0.39 is 11.8 Å². The number of Topliss-reactive ketones (excluding diaryl/α,β-unsaturated/α-hetero) is 1. The third-order valence-corrected chi connectivity index (χ3v) is 8.29. The van der Waals surface area contributed by atoms with Gasteiger partial charge in [-0.3, -0.25) is 14.6 Å². The summed E-state index contributed by atoms with van der Waals surface area (Å²) in [6.07, 6.45) is 2.50. The molecule has 2 aromatic rings. The lowest BCUT2D eigenvalue weighted by molar-refractivity contribution is -0.146. The number of rotatable bonds is 10. The Morgan fingerprint density at radius 1 is 0.950 bits per heavy atom. The Morgan fingerprint density at radius 3 is 2.25 bits per heavy atom. The summed E-state index contributed by atoms with van der Waals surface area (Å²) in [5.41, 5.74) is 3.57. The molecule has 9 heteroatoms. The highest BCUT2D eigenvalue weighted by Crippen LogP contribution is 2.50. The summed E-state index contributed by atoms with van der Waals surface area (Å²) in [6.45, 7) is 4.19. The maximum atomic E-state index is 14.0. The molecular formula is C31H36BrNO7. The number of nitrogens with zero attached hydrogens (tertiary/aromatic N) is 1. The highest BCUT2D eigenvalue weighted by atomic mass is 79.9. The number of carbonyl (C=O) groups is 2. The molecule has 0 bridgehead atoms. The molecule has 1 unspecified atom stereocenters. The van der Waals surface area contributed by atoms with E-state index in [9.17, 15) is 9.59 Å². The van der Waals surface area contributed by atoms with Crippen LogP contribution in [0.1, 0.15) is 62.5 Å². The number of hydrogen-bond donors (Lipinski definition) is 0. The Balaban J connectivity index is 1.82. The van der Waals surface area contributed by atoms with Gasteiger partial charge >= 0.3 is 5.97 Å². The smallest absolute Gasteiger partial charge is 0.315 e. The lowest BCUT2D eigenvalue weighted by Crippen LogP contribution is -2.38. The number of benzene rings is 2. The maximum Gasteiger partial charge on any atom is 0.315 e. The summed E-state index contributed by atoms with van der Waals surface area (Å²) < 4.78 is 28.3. The van der Waals surface area contributed by atoms with Crippen molar-refractivity contribution in [1.29, 1.82) is 0 Å². The van der Waals surface area contributed by atoms with Crippen molar-refractivity contribution >= 4 is 33.4 Å². The molecule has 0 radical (unpaired) electrons. The van der Waals surface area contributed by atoms with Gasteiger partial charge in [-0.05, 0) is 61.1 Å². The first-order valence-electron chi connectivity index (χ1n) is 13.4. The molecule has 1 heterocycles. The summed E-state index contributed by atoms with van der Waals surface area (Å²) >= 11 is 3.67. The number of allylic oxidation sites excluding steroid dienone is 2. The molecule has 0 N–H and O–H groups in total. The minimum Gasteiger partial charge on any atom is -0.493 e. The number of hydrogen-bond acceptors (Lipinski definition) is 8. The fourth-order valence-electron chi connectivity index (χ4n) is 5.56. The lowest BCUT2D eigenvalue weighted by Gasteiger charge is -2.37. The van der Waals surface area contributed by atoms with E-state index in [1.165, 1.54) is 0 Å². The molecule has 0 saturated carbocycles. The second-order valence-corrected chi connectivity index (χ2v) is 10.8. The number of methoxy groups -OCH3 is 4. The molecule has 0 amide bonds. The molecular weight excluding hydrogens is 578 g/mol. The first kappa shape index (κ1) is 29.6. The largest absolute Gasteiger partial charge is 0.493 e. The first-order chi connectivity index (χ1) is 19.3. The third kappa shape index (κ3) is 5.75. The molecule has 4 rings (SSSR count). The van der Waals surface area contributed by atoms with Crippen molar-refractivity contribution in [3.63, 3.8) is 0 Å². The van der Waals surface area contributed by atoms with Crippen LogP contribution in [0.3, 0.4) is 0 Å². The number of aliphatic imine (C=N–C) groups is 1. The number of ether oxygens (including phenoxy) is 5. The van der Waals surface area contributed by atoms with E-state index in [1.54, 1.807) is 34.5 Å². The van der Waals surface area contributed by atoms with Gasteiger partial charge in [0, 0.05) is 33.8 Å². The minimum absolute atomic E-state index is 0.0460. The lowest BCUT2D eigenvalue weighted by atomic mass is 9.69. The number of halogens is 1. The van der Waals surface area contributed by atoms with Gasteiger partial charge in [0.05, 0.1) is 35.0 Å². The van der Waals surface area contributed by atoms with Crippen LogP contribution >= 0.6 is 15.9 Å². The molecule has 0 saturated heterocycles. The average molecular weight is 615 g/mol. The normalized spacial score (nSPS) is 20.4.